The van der Waals surface area contributed by atoms with Crippen molar-refractivity contribution in [2.24, 2.45) is 0 Å². The number of amides is 1. The van der Waals surface area contributed by atoms with Gasteiger partial charge in [-0.3, -0.25) is 10.1 Å². The average Bonchev–Trinajstić information content (AvgIpc) is 3.19. The van der Waals surface area contributed by atoms with Crippen molar-refractivity contribution in [2.75, 3.05) is 19.0 Å². The molecule has 30 heavy (non-hydrogen) atoms. The van der Waals surface area contributed by atoms with E-state index in [1.54, 1.807) is 19.3 Å². The van der Waals surface area contributed by atoms with Crippen molar-refractivity contribution < 1.29 is 23.6 Å². The van der Waals surface area contributed by atoms with E-state index in [-0.39, 0.29) is 11.3 Å². The molecule has 0 unspecified atom stereocenters. The van der Waals surface area contributed by atoms with Gasteiger partial charge in [-0.15, -0.1) is 0 Å². The molecule has 0 saturated carbocycles. The average molecular weight is 408 g/mol. The second-order valence-corrected chi connectivity index (χ2v) is 7.79. The van der Waals surface area contributed by atoms with Crippen LogP contribution in [0.2, 0.25) is 0 Å². The summed E-state index contributed by atoms with van der Waals surface area (Å²) in [5, 5.41) is 8.48. The van der Waals surface area contributed by atoms with E-state index in [1.807, 2.05) is 57.2 Å². The fraction of sp³-hybridized carbons (Fsp3) is 0.261. The van der Waals surface area contributed by atoms with Crippen molar-refractivity contribution in [3.05, 3.63) is 59.8 Å². The van der Waals surface area contributed by atoms with Gasteiger partial charge in [-0.1, -0.05) is 44.1 Å². The Morgan fingerprint density at radius 3 is 2.53 bits per heavy atom. The normalized spacial score (nSPS) is 11.6. The minimum Gasteiger partial charge on any atom is -0.497 e. The summed E-state index contributed by atoms with van der Waals surface area (Å²) in [6, 6.07) is 13.2. The molecule has 1 amide bonds. The standard InChI is InChI=1S/C23H24N2O5/c1-23(2,3)19-13-21(30-25-19)24-20(26)14-29-22(27)10-6-15-5-7-17-12-18(28-4)9-8-16(17)11-15/h5-13H,14H2,1-4H3,(H,24,26)/b10-6+. The van der Waals surface area contributed by atoms with Gasteiger partial charge < -0.3 is 14.0 Å². The van der Waals surface area contributed by atoms with Crippen LogP contribution >= 0.6 is 0 Å². The van der Waals surface area contributed by atoms with E-state index in [4.69, 9.17) is 14.0 Å². The van der Waals surface area contributed by atoms with Crippen LogP contribution in [0.3, 0.4) is 0 Å². The number of fused-ring (bicyclic) bond motifs is 1. The number of nitrogens with one attached hydrogen (secondary N) is 1. The fourth-order valence-electron chi connectivity index (χ4n) is 2.68. The quantitative estimate of drug-likeness (QED) is 0.482. The number of hydrogen-bond acceptors (Lipinski definition) is 6. The third-order valence-electron chi connectivity index (χ3n) is 4.37. The number of carbonyl (C=O) groups is 2. The Morgan fingerprint density at radius 2 is 1.83 bits per heavy atom. The summed E-state index contributed by atoms with van der Waals surface area (Å²) in [7, 11) is 1.62. The first kappa shape index (κ1) is 21.1. The molecular weight excluding hydrogens is 384 g/mol. The maximum absolute atomic E-state index is 11.9. The zero-order valence-corrected chi connectivity index (χ0v) is 17.4. The predicted octanol–water partition coefficient (Wildman–Crippen LogP) is 4.33. The molecule has 0 bridgehead atoms. The largest absolute Gasteiger partial charge is 0.497 e. The van der Waals surface area contributed by atoms with Crippen LogP contribution in [-0.4, -0.2) is 30.7 Å². The van der Waals surface area contributed by atoms with Crippen molar-refractivity contribution in [3.8, 4) is 5.75 Å². The van der Waals surface area contributed by atoms with Gasteiger partial charge in [0, 0.05) is 17.6 Å². The predicted molar refractivity (Wildman–Crippen MR) is 114 cm³/mol. The highest BCUT2D eigenvalue weighted by Crippen LogP contribution is 2.24. The number of aromatic nitrogens is 1. The number of benzene rings is 2. The molecule has 0 spiro atoms. The summed E-state index contributed by atoms with van der Waals surface area (Å²) in [6.07, 6.45) is 2.92. The Bertz CT molecular complexity index is 1090. The van der Waals surface area contributed by atoms with Crippen molar-refractivity contribution >= 4 is 34.6 Å². The SMILES string of the molecule is COc1ccc2cc(/C=C/C(=O)OCC(=O)Nc3cc(C(C)(C)C)no3)ccc2c1. The van der Waals surface area contributed by atoms with E-state index in [9.17, 15) is 9.59 Å². The van der Waals surface area contributed by atoms with Crippen LogP contribution in [0.1, 0.15) is 32.0 Å². The van der Waals surface area contributed by atoms with Crippen molar-refractivity contribution in [1.82, 2.24) is 5.16 Å². The second kappa shape index (κ2) is 8.82. The lowest BCUT2D eigenvalue weighted by Crippen LogP contribution is -2.19. The van der Waals surface area contributed by atoms with Gasteiger partial charge in [-0.25, -0.2) is 4.79 Å². The van der Waals surface area contributed by atoms with E-state index in [2.05, 4.69) is 10.5 Å². The first-order chi connectivity index (χ1) is 14.2. The minimum atomic E-state index is -0.618. The highest BCUT2D eigenvalue weighted by atomic mass is 16.5. The second-order valence-electron chi connectivity index (χ2n) is 7.79. The van der Waals surface area contributed by atoms with E-state index in [0.29, 0.717) is 5.69 Å². The molecule has 3 aromatic rings. The van der Waals surface area contributed by atoms with Gasteiger partial charge in [-0.05, 0) is 40.6 Å². The monoisotopic (exact) mass is 408 g/mol. The fourth-order valence-corrected chi connectivity index (χ4v) is 2.68. The molecule has 0 aliphatic rings. The number of methoxy groups -OCH3 is 1. The van der Waals surface area contributed by atoms with E-state index in [1.165, 1.54) is 6.08 Å². The number of carbonyl (C=O) groups excluding carboxylic acids is 2. The molecule has 0 saturated heterocycles. The minimum absolute atomic E-state index is 0.196. The van der Waals surface area contributed by atoms with E-state index >= 15 is 0 Å². The van der Waals surface area contributed by atoms with E-state index in [0.717, 1.165) is 22.1 Å². The third kappa shape index (κ3) is 5.47. The zero-order valence-electron chi connectivity index (χ0n) is 17.4. The number of nitrogens with zero attached hydrogens (tertiary/aromatic N) is 1. The van der Waals surface area contributed by atoms with Gasteiger partial charge in [0.25, 0.3) is 5.91 Å². The molecule has 0 radical (unpaired) electrons. The van der Waals surface area contributed by atoms with Gasteiger partial charge in [0.15, 0.2) is 6.61 Å². The molecular formula is C23H24N2O5. The molecule has 2 aromatic carbocycles. The summed E-state index contributed by atoms with van der Waals surface area (Å²) in [4.78, 5) is 23.9. The molecule has 1 heterocycles. The van der Waals surface area contributed by atoms with Crippen LogP contribution in [0.15, 0.2) is 53.1 Å². The van der Waals surface area contributed by atoms with Gasteiger partial charge in [-0.2, -0.15) is 0 Å². The number of anilines is 1. The van der Waals surface area contributed by atoms with Crippen LogP contribution in [0.5, 0.6) is 5.75 Å². The van der Waals surface area contributed by atoms with E-state index < -0.39 is 18.5 Å². The van der Waals surface area contributed by atoms with Crippen LogP contribution in [-0.2, 0) is 19.7 Å². The van der Waals surface area contributed by atoms with Crippen molar-refractivity contribution in [3.63, 3.8) is 0 Å². The van der Waals surface area contributed by atoms with Crippen LogP contribution in [0, 0.1) is 0 Å². The Kier molecular flexibility index (Phi) is 6.20. The van der Waals surface area contributed by atoms with Gasteiger partial charge in [0.1, 0.15) is 5.75 Å². The third-order valence-corrected chi connectivity index (χ3v) is 4.37. The van der Waals surface area contributed by atoms with Crippen LogP contribution in [0.25, 0.3) is 16.8 Å². The highest BCUT2D eigenvalue weighted by molar-refractivity contribution is 5.94. The lowest BCUT2D eigenvalue weighted by molar-refractivity contribution is -0.142. The molecule has 0 aliphatic carbocycles. The first-order valence-corrected chi connectivity index (χ1v) is 9.44. The summed E-state index contributed by atoms with van der Waals surface area (Å²) in [6.45, 7) is 5.52. The lowest BCUT2D eigenvalue weighted by atomic mass is 9.92. The number of hydrogen-bond donors (Lipinski definition) is 1. The summed E-state index contributed by atoms with van der Waals surface area (Å²) in [5.41, 5.74) is 1.36. The number of rotatable bonds is 6. The van der Waals surface area contributed by atoms with Crippen LogP contribution in [0.4, 0.5) is 5.88 Å². The van der Waals surface area contributed by atoms with Gasteiger partial charge >= 0.3 is 5.97 Å². The summed E-state index contributed by atoms with van der Waals surface area (Å²) < 4.78 is 15.3. The molecule has 1 aromatic heterocycles. The Labute approximate surface area is 174 Å². The molecule has 3 rings (SSSR count). The molecule has 156 valence electrons. The lowest BCUT2D eigenvalue weighted by Gasteiger charge is -2.12. The molecule has 1 N–H and O–H groups in total. The molecule has 0 fully saturated rings. The molecule has 7 nitrogen and oxygen atoms in total. The molecule has 0 atom stereocenters. The van der Waals surface area contributed by atoms with Crippen LogP contribution < -0.4 is 10.1 Å². The Balaban J connectivity index is 1.52. The summed E-state index contributed by atoms with van der Waals surface area (Å²) >= 11 is 0. The smallest absolute Gasteiger partial charge is 0.331 e. The maximum Gasteiger partial charge on any atom is 0.331 e. The number of ether oxygens (including phenoxy) is 2. The number of esters is 1. The molecule has 0 aliphatic heterocycles. The highest BCUT2D eigenvalue weighted by Gasteiger charge is 2.19. The molecule has 7 heteroatoms. The Hall–Kier alpha value is -3.61. The van der Waals surface area contributed by atoms with Gasteiger partial charge in [0.05, 0.1) is 12.8 Å². The topological polar surface area (TPSA) is 90.7 Å². The van der Waals surface area contributed by atoms with Crippen molar-refractivity contribution in [2.45, 2.75) is 26.2 Å². The Morgan fingerprint density at radius 1 is 1.10 bits per heavy atom. The first-order valence-electron chi connectivity index (χ1n) is 9.44. The van der Waals surface area contributed by atoms with Gasteiger partial charge in [0.2, 0.25) is 5.88 Å². The zero-order chi connectivity index (χ0) is 21.7. The van der Waals surface area contributed by atoms with Crippen molar-refractivity contribution in [1.29, 1.82) is 0 Å². The summed E-state index contributed by atoms with van der Waals surface area (Å²) in [5.74, 6) is -0.127. The maximum atomic E-state index is 11.9.